The van der Waals surface area contributed by atoms with E-state index in [4.69, 9.17) is 13.9 Å². The van der Waals surface area contributed by atoms with E-state index in [1.54, 1.807) is 50.6 Å². The van der Waals surface area contributed by atoms with Crippen LogP contribution >= 0.6 is 0 Å². The Kier molecular flexibility index (Phi) is 6.37. The molecule has 0 spiro atoms. The second kappa shape index (κ2) is 9.71. The summed E-state index contributed by atoms with van der Waals surface area (Å²) in [4.78, 5) is 14.9. The number of aliphatic imine (C=N–C) groups is 1. The number of hydrogen-bond donors (Lipinski definition) is 0. The number of methoxy groups -OCH3 is 2. The van der Waals surface area contributed by atoms with Gasteiger partial charge in [-0.1, -0.05) is 24.3 Å². The molecule has 0 fully saturated rings. The highest BCUT2D eigenvalue weighted by Crippen LogP contribution is 2.43. The van der Waals surface area contributed by atoms with Crippen LogP contribution in [0.2, 0.25) is 0 Å². The molecular formula is C26H19N3O5. The number of nitriles is 1. The summed E-state index contributed by atoms with van der Waals surface area (Å²) in [6.07, 6.45) is 1.43. The Balaban J connectivity index is 1.85. The van der Waals surface area contributed by atoms with Crippen LogP contribution in [-0.2, 0) is 0 Å². The van der Waals surface area contributed by atoms with E-state index in [9.17, 15) is 15.4 Å². The molecule has 0 aliphatic rings. The fraction of sp³-hybridized carbons (Fsp3) is 0.0769. The van der Waals surface area contributed by atoms with Gasteiger partial charge in [0.2, 0.25) is 5.88 Å². The minimum Gasteiger partial charge on any atom is -0.497 e. The topological polar surface area (TPSA) is 111 Å². The lowest BCUT2D eigenvalue weighted by Crippen LogP contribution is -1.89. The second-order valence-corrected chi connectivity index (χ2v) is 7.17. The molecule has 0 aliphatic carbocycles. The van der Waals surface area contributed by atoms with Gasteiger partial charge >= 0.3 is 0 Å². The van der Waals surface area contributed by atoms with Crippen molar-refractivity contribution < 1.29 is 18.8 Å². The Bertz CT molecular complexity index is 1400. The molecule has 8 heteroatoms. The van der Waals surface area contributed by atoms with Crippen LogP contribution in [0.5, 0.6) is 11.5 Å². The van der Waals surface area contributed by atoms with Gasteiger partial charge in [0.25, 0.3) is 5.69 Å². The van der Waals surface area contributed by atoms with Crippen molar-refractivity contribution in [3.05, 3.63) is 94.0 Å². The number of hydrogen-bond acceptors (Lipinski definition) is 7. The minimum absolute atomic E-state index is 0.0539. The van der Waals surface area contributed by atoms with E-state index >= 15 is 0 Å². The molecule has 4 aromatic rings. The zero-order valence-electron chi connectivity index (χ0n) is 18.4. The van der Waals surface area contributed by atoms with Gasteiger partial charge in [0, 0.05) is 29.5 Å². The first-order valence-corrected chi connectivity index (χ1v) is 10.2. The summed E-state index contributed by atoms with van der Waals surface area (Å²) in [6.45, 7) is 0. The summed E-state index contributed by atoms with van der Waals surface area (Å²) in [5, 5.41) is 21.1. The van der Waals surface area contributed by atoms with Crippen molar-refractivity contribution in [3.63, 3.8) is 0 Å². The summed E-state index contributed by atoms with van der Waals surface area (Å²) in [7, 11) is 3.16. The van der Waals surface area contributed by atoms with Gasteiger partial charge in [0.1, 0.15) is 28.9 Å². The smallest absolute Gasteiger partial charge is 0.270 e. The lowest BCUT2D eigenvalue weighted by molar-refractivity contribution is -0.384. The monoisotopic (exact) mass is 453 g/mol. The van der Waals surface area contributed by atoms with Crippen molar-refractivity contribution in [2.24, 2.45) is 4.99 Å². The molecule has 0 bridgehead atoms. The van der Waals surface area contributed by atoms with Crippen LogP contribution in [0.15, 0.2) is 82.2 Å². The van der Waals surface area contributed by atoms with Crippen LogP contribution in [0.25, 0.3) is 22.5 Å². The van der Waals surface area contributed by atoms with Gasteiger partial charge in [-0.2, -0.15) is 5.26 Å². The molecule has 0 saturated heterocycles. The predicted molar refractivity (Wildman–Crippen MR) is 128 cm³/mol. The highest BCUT2D eigenvalue weighted by atomic mass is 16.6. The largest absolute Gasteiger partial charge is 0.497 e. The van der Waals surface area contributed by atoms with Crippen LogP contribution in [0.1, 0.15) is 11.1 Å². The Morgan fingerprint density at radius 2 is 1.59 bits per heavy atom. The summed E-state index contributed by atoms with van der Waals surface area (Å²) in [5.74, 6) is 1.94. The summed E-state index contributed by atoms with van der Waals surface area (Å²) in [6, 6.07) is 22.8. The lowest BCUT2D eigenvalue weighted by Gasteiger charge is -2.06. The Morgan fingerprint density at radius 1 is 0.971 bits per heavy atom. The minimum atomic E-state index is -0.478. The molecule has 168 valence electrons. The SMILES string of the molecule is COc1ccc(-c2oc(/N=C/c3cccc([N+](=O)[O-])c3)c(C#N)c2-c2ccc(OC)cc2)cc1. The molecular weight excluding hydrogens is 434 g/mol. The molecule has 34 heavy (non-hydrogen) atoms. The maximum absolute atomic E-state index is 11.1. The number of benzene rings is 3. The van der Waals surface area contributed by atoms with E-state index in [1.807, 2.05) is 24.3 Å². The molecule has 1 heterocycles. The quantitative estimate of drug-likeness (QED) is 0.188. The van der Waals surface area contributed by atoms with Crippen LogP contribution < -0.4 is 9.47 Å². The number of ether oxygens (including phenoxy) is 2. The molecule has 3 aromatic carbocycles. The van der Waals surface area contributed by atoms with Crippen molar-refractivity contribution in [1.82, 2.24) is 0 Å². The molecule has 0 unspecified atom stereocenters. The van der Waals surface area contributed by atoms with Crippen molar-refractivity contribution in [1.29, 1.82) is 5.26 Å². The molecule has 4 rings (SSSR count). The van der Waals surface area contributed by atoms with Gasteiger partial charge in [-0.25, -0.2) is 4.99 Å². The van der Waals surface area contributed by atoms with E-state index in [1.165, 1.54) is 18.3 Å². The molecule has 0 N–H and O–H groups in total. The van der Waals surface area contributed by atoms with Crippen molar-refractivity contribution >= 4 is 17.8 Å². The van der Waals surface area contributed by atoms with Crippen LogP contribution in [0.3, 0.4) is 0 Å². The Labute approximate surface area is 195 Å². The number of furan rings is 1. The third kappa shape index (κ3) is 4.49. The Hall–Kier alpha value is -4.90. The second-order valence-electron chi connectivity index (χ2n) is 7.17. The number of rotatable bonds is 7. The van der Waals surface area contributed by atoms with Crippen LogP contribution in [-0.4, -0.2) is 25.4 Å². The van der Waals surface area contributed by atoms with E-state index < -0.39 is 4.92 Å². The van der Waals surface area contributed by atoms with Crippen LogP contribution in [0, 0.1) is 21.4 Å². The maximum Gasteiger partial charge on any atom is 0.270 e. The first-order chi connectivity index (χ1) is 16.5. The molecule has 0 amide bonds. The van der Waals surface area contributed by atoms with E-state index in [-0.39, 0.29) is 17.1 Å². The van der Waals surface area contributed by atoms with Crippen LogP contribution in [0.4, 0.5) is 11.6 Å². The lowest BCUT2D eigenvalue weighted by atomic mass is 9.98. The number of nitrogens with zero attached hydrogens (tertiary/aromatic N) is 3. The predicted octanol–water partition coefficient (Wildman–Crippen LogP) is 6.16. The average molecular weight is 453 g/mol. The van der Waals surface area contributed by atoms with Gasteiger partial charge in [0.15, 0.2) is 0 Å². The van der Waals surface area contributed by atoms with E-state index in [0.29, 0.717) is 28.4 Å². The molecule has 0 saturated carbocycles. The van der Waals surface area contributed by atoms with Gasteiger partial charge in [-0.05, 0) is 47.5 Å². The number of nitro groups is 1. The molecule has 0 aliphatic heterocycles. The summed E-state index contributed by atoms with van der Waals surface area (Å²) >= 11 is 0. The first-order valence-electron chi connectivity index (χ1n) is 10.2. The molecule has 0 radical (unpaired) electrons. The maximum atomic E-state index is 11.1. The van der Waals surface area contributed by atoms with Gasteiger partial charge in [-0.3, -0.25) is 10.1 Å². The zero-order chi connectivity index (χ0) is 24.1. The van der Waals surface area contributed by atoms with E-state index in [0.717, 1.165) is 11.1 Å². The molecule has 8 nitrogen and oxygen atoms in total. The fourth-order valence-corrected chi connectivity index (χ4v) is 3.44. The summed E-state index contributed by atoms with van der Waals surface area (Å²) < 4.78 is 16.6. The third-order valence-electron chi connectivity index (χ3n) is 5.14. The zero-order valence-corrected chi connectivity index (χ0v) is 18.4. The summed E-state index contributed by atoms with van der Waals surface area (Å²) in [5.41, 5.74) is 2.77. The van der Waals surface area contributed by atoms with Gasteiger partial charge in [-0.15, -0.1) is 0 Å². The van der Waals surface area contributed by atoms with Crippen molar-refractivity contribution in [2.45, 2.75) is 0 Å². The standard InChI is InChI=1S/C26H19N3O5/c1-32-21-10-6-18(7-11-21)24-23(15-27)26(28-16-17-4-3-5-20(14-17)29(30)31)34-25(24)19-8-12-22(33-2)13-9-19/h3-14,16H,1-2H3/b28-16+. The van der Waals surface area contributed by atoms with Crippen molar-refractivity contribution in [2.75, 3.05) is 14.2 Å². The van der Waals surface area contributed by atoms with Gasteiger partial charge in [0.05, 0.1) is 19.1 Å². The normalized spacial score (nSPS) is 10.7. The van der Waals surface area contributed by atoms with E-state index in [2.05, 4.69) is 11.1 Å². The first kappa shape index (κ1) is 22.3. The highest BCUT2D eigenvalue weighted by molar-refractivity contribution is 5.90. The van der Waals surface area contributed by atoms with Gasteiger partial charge < -0.3 is 13.9 Å². The Morgan fingerprint density at radius 3 is 2.15 bits per heavy atom. The van der Waals surface area contributed by atoms with Crippen molar-refractivity contribution in [3.8, 4) is 40.0 Å². The fourth-order valence-electron chi connectivity index (χ4n) is 3.44. The average Bonchev–Trinajstić information content (AvgIpc) is 3.26. The number of nitro benzene ring substituents is 1. The highest BCUT2D eigenvalue weighted by Gasteiger charge is 2.23. The molecule has 1 aromatic heterocycles. The molecule has 0 atom stereocenters. The number of non-ortho nitro benzene ring substituents is 1. The third-order valence-corrected chi connectivity index (χ3v) is 5.14.